The maximum absolute atomic E-state index is 13.3. The van der Waals surface area contributed by atoms with Crippen LogP contribution in [0.3, 0.4) is 0 Å². The van der Waals surface area contributed by atoms with Gasteiger partial charge < -0.3 is 47.6 Å². The molecule has 226 valence electrons. The Morgan fingerprint density at radius 1 is 0.927 bits per heavy atom. The summed E-state index contributed by atoms with van der Waals surface area (Å²) in [4.78, 5) is 75.1. The molecule has 5 amide bonds. The van der Waals surface area contributed by atoms with Gasteiger partial charge in [0, 0.05) is 6.42 Å². The number of aliphatic carboxylic acids is 1. The van der Waals surface area contributed by atoms with Gasteiger partial charge in [-0.15, -0.1) is 0 Å². The monoisotopic (exact) mass is 578 g/mol. The van der Waals surface area contributed by atoms with E-state index in [1.165, 1.54) is 24.3 Å². The number of phenolic OH excluding ortho intramolecular Hbond substituents is 1. The highest BCUT2D eigenvalue weighted by Gasteiger charge is 2.34. The number of nitrogens with one attached hydrogen (secondary N) is 5. The number of carbonyl (C=O) groups is 6. The summed E-state index contributed by atoms with van der Waals surface area (Å²) in [7, 11) is 0. The van der Waals surface area contributed by atoms with Crippen LogP contribution in [0.15, 0.2) is 24.3 Å². The minimum Gasteiger partial charge on any atom is -0.508 e. The highest BCUT2D eigenvalue weighted by molar-refractivity contribution is 5.97. The minimum atomic E-state index is -1.66. The van der Waals surface area contributed by atoms with Gasteiger partial charge in [-0.3, -0.25) is 24.0 Å². The van der Waals surface area contributed by atoms with Crippen LogP contribution in [0.2, 0.25) is 0 Å². The van der Waals surface area contributed by atoms with Crippen molar-refractivity contribution < 1.29 is 44.1 Å². The Balaban J connectivity index is 2.24. The fourth-order valence-electron chi connectivity index (χ4n) is 4.18. The van der Waals surface area contributed by atoms with Gasteiger partial charge in [-0.2, -0.15) is 0 Å². The smallest absolute Gasteiger partial charge is 0.328 e. The molecule has 2 rings (SSSR count). The van der Waals surface area contributed by atoms with Crippen molar-refractivity contribution >= 4 is 35.5 Å². The number of nitrogens with two attached hydrogens (primary N) is 1. The molecular formula is C26H38N6O9. The fourth-order valence-corrected chi connectivity index (χ4v) is 4.18. The van der Waals surface area contributed by atoms with Crippen molar-refractivity contribution in [3.8, 4) is 5.75 Å². The summed E-state index contributed by atoms with van der Waals surface area (Å²) >= 11 is 0. The molecular weight excluding hydrogens is 540 g/mol. The molecule has 0 unspecified atom stereocenters. The Kier molecular flexibility index (Phi) is 12.5. The first kappa shape index (κ1) is 33.0. The van der Waals surface area contributed by atoms with Crippen molar-refractivity contribution in [2.45, 2.75) is 69.7 Å². The van der Waals surface area contributed by atoms with E-state index in [1.807, 2.05) is 0 Å². The number of carboxylic acids is 1. The van der Waals surface area contributed by atoms with Crippen molar-refractivity contribution in [1.29, 1.82) is 0 Å². The van der Waals surface area contributed by atoms with Crippen molar-refractivity contribution in [1.82, 2.24) is 26.6 Å². The number of hydrogen-bond donors (Lipinski definition) is 9. The van der Waals surface area contributed by atoms with Gasteiger partial charge in [-0.05, 0) is 43.0 Å². The lowest BCUT2D eigenvalue weighted by molar-refractivity contribution is -0.143. The van der Waals surface area contributed by atoms with Gasteiger partial charge in [0.05, 0.1) is 19.1 Å². The first-order valence-electron chi connectivity index (χ1n) is 13.2. The van der Waals surface area contributed by atoms with Gasteiger partial charge in [0.15, 0.2) is 0 Å². The van der Waals surface area contributed by atoms with Crippen LogP contribution in [-0.4, -0.2) is 94.2 Å². The lowest BCUT2D eigenvalue weighted by atomic mass is 10.0. The Morgan fingerprint density at radius 3 is 2.02 bits per heavy atom. The Bertz CT molecular complexity index is 1110. The van der Waals surface area contributed by atoms with Crippen molar-refractivity contribution in [3.63, 3.8) is 0 Å². The second kappa shape index (κ2) is 15.5. The third-order valence-electron chi connectivity index (χ3n) is 6.47. The molecule has 1 aromatic carbocycles. The molecule has 1 aliphatic rings. The number of phenols is 1. The molecule has 5 atom stereocenters. The second-order valence-electron chi connectivity index (χ2n) is 10.1. The van der Waals surface area contributed by atoms with Crippen LogP contribution >= 0.6 is 0 Å². The highest BCUT2D eigenvalue weighted by atomic mass is 16.4. The standard InChI is InChI=1S/C26H38N6O9/c1-13(2)21(32-22(36)16-4-3-9-28-16)25(39)30-18(11-20(27)35)24(38)29-17(10-14-5-7-15(34)8-6-14)23(37)31-19(12-33)26(40)41/h5-8,13,16-19,21,28,33-34H,3-4,9-12H2,1-2H3,(H2,27,35)(H,29,38)(H,30,39)(H,31,37)(H,32,36)(H,40,41)/t16-,17-,18-,19-,21-/m0/s1. The second-order valence-corrected chi connectivity index (χ2v) is 10.1. The summed E-state index contributed by atoms with van der Waals surface area (Å²) in [6.07, 6.45) is 0.602. The van der Waals surface area contributed by atoms with Crippen LogP contribution in [0.4, 0.5) is 0 Å². The van der Waals surface area contributed by atoms with E-state index in [-0.39, 0.29) is 18.1 Å². The number of carboxylic acid groups (broad SMARTS) is 1. The molecule has 1 fully saturated rings. The Labute approximate surface area is 236 Å². The van der Waals surface area contributed by atoms with Crippen LogP contribution in [0.25, 0.3) is 0 Å². The molecule has 1 aliphatic heterocycles. The van der Waals surface area contributed by atoms with E-state index in [9.17, 15) is 44.1 Å². The van der Waals surface area contributed by atoms with E-state index in [1.54, 1.807) is 13.8 Å². The zero-order chi connectivity index (χ0) is 30.7. The summed E-state index contributed by atoms with van der Waals surface area (Å²) in [5, 5.41) is 40.7. The fraction of sp³-hybridized carbons (Fsp3) is 0.538. The first-order valence-corrected chi connectivity index (χ1v) is 13.2. The largest absolute Gasteiger partial charge is 0.508 e. The molecule has 0 saturated carbocycles. The zero-order valence-corrected chi connectivity index (χ0v) is 22.9. The maximum atomic E-state index is 13.3. The number of hydrogen-bond acceptors (Lipinski definition) is 9. The SMILES string of the molecule is CC(C)[C@H](NC(=O)[C@@H]1CCCN1)C(=O)N[C@@H](CC(N)=O)C(=O)N[C@@H](Cc1ccc(O)cc1)C(=O)N[C@@H](CO)C(=O)O. The number of rotatable bonds is 15. The normalized spacial score (nSPS) is 17.5. The summed E-state index contributed by atoms with van der Waals surface area (Å²) in [5.41, 5.74) is 5.78. The quantitative estimate of drug-likeness (QED) is 0.104. The van der Waals surface area contributed by atoms with Crippen LogP contribution in [0, 0.1) is 5.92 Å². The highest BCUT2D eigenvalue weighted by Crippen LogP contribution is 2.13. The number of primary amides is 1. The van der Waals surface area contributed by atoms with Crippen molar-refractivity contribution in [3.05, 3.63) is 29.8 Å². The van der Waals surface area contributed by atoms with Gasteiger partial charge in [0.25, 0.3) is 0 Å². The molecule has 0 spiro atoms. The molecule has 0 aromatic heterocycles. The van der Waals surface area contributed by atoms with Gasteiger partial charge >= 0.3 is 5.97 Å². The molecule has 41 heavy (non-hydrogen) atoms. The lowest BCUT2D eigenvalue weighted by Gasteiger charge is -2.27. The van der Waals surface area contributed by atoms with Crippen LogP contribution in [0.1, 0.15) is 38.7 Å². The molecule has 1 heterocycles. The Morgan fingerprint density at radius 2 is 1.51 bits per heavy atom. The van der Waals surface area contributed by atoms with Gasteiger partial charge in [0.1, 0.15) is 29.9 Å². The molecule has 1 aromatic rings. The number of aromatic hydroxyl groups is 1. The summed E-state index contributed by atoms with van der Waals surface area (Å²) in [6, 6.07) is -0.484. The predicted octanol–water partition coefficient (Wildman–Crippen LogP) is -2.77. The molecule has 0 aliphatic carbocycles. The van der Waals surface area contributed by atoms with E-state index >= 15 is 0 Å². The molecule has 15 heteroatoms. The Hall–Kier alpha value is -4.24. The first-order chi connectivity index (χ1) is 19.3. The molecule has 10 N–H and O–H groups in total. The van der Waals surface area contributed by atoms with Crippen LogP contribution in [-0.2, 0) is 35.2 Å². The summed E-state index contributed by atoms with van der Waals surface area (Å²) < 4.78 is 0. The lowest BCUT2D eigenvalue weighted by Crippen LogP contribution is -2.60. The number of aliphatic hydroxyl groups is 1. The molecule has 1 saturated heterocycles. The van der Waals surface area contributed by atoms with Crippen LogP contribution < -0.4 is 32.3 Å². The van der Waals surface area contributed by atoms with E-state index in [0.29, 0.717) is 18.5 Å². The van der Waals surface area contributed by atoms with E-state index < -0.39 is 78.8 Å². The zero-order valence-electron chi connectivity index (χ0n) is 22.9. The summed E-state index contributed by atoms with van der Waals surface area (Å²) in [6.45, 7) is 3.13. The number of aliphatic hydroxyl groups excluding tert-OH is 1. The van der Waals surface area contributed by atoms with E-state index in [0.717, 1.165) is 6.42 Å². The molecule has 0 bridgehead atoms. The topological polar surface area (TPSA) is 249 Å². The number of benzene rings is 1. The number of carbonyl (C=O) groups excluding carboxylic acids is 5. The van der Waals surface area contributed by atoms with Crippen molar-refractivity contribution in [2.75, 3.05) is 13.2 Å². The van der Waals surface area contributed by atoms with Crippen molar-refractivity contribution in [2.24, 2.45) is 11.7 Å². The van der Waals surface area contributed by atoms with E-state index in [2.05, 4.69) is 26.6 Å². The van der Waals surface area contributed by atoms with Gasteiger partial charge in [-0.25, -0.2) is 4.79 Å². The van der Waals surface area contributed by atoms with Gasteiger partial charge in [0.2, 0.25) is 29.5 Å². The maximum Gasteiger partial charge on any atom is 0.328 e. The number of amides is 5. The molecule has 15 nitrogen and oxygen atoms in total. The third-order valence-corrected chi connectivity index (χ3v) is 6.47. The average molecular weight is 579 g/mol. The molecule has 0 radical (unpaired) electrons. The van der Waals surface area contributed by atoms with Crippen LogP contribution in [0.5, 0.6) is 5.75 Å². The average Bonchev–Trinajstić information content (AvgIpc) is 3.45. The van der Waals surface area contributed by atoms with Gasteiger partial charge in [-0.1, -0.05) is 26.0 Å². The minimum absolute atomic E-state index is 0.0512. The summed E-state index contributed by atoms with van der Waals surface area (Å²) in [5.74, 6) is -5.96. The predicted molar refractivity (Wildman–Crippen MR) is 144 cm³/mol. The van der Waals surface area contributed by atoms with E-state index in [4.69, 9.17) is 5.73 Å². The third kappa shape index (κ3) is 10.3.